The maximum absolute atomic E-state index is 12.5. The van der Waals surface area contributed by atoms with Crippen LogP contribution in [-0.2, 0) is 21.0 Å². The summed E-state index contributed by atoms with van der Waals surface area (Å²) in [6, 6.07) is 1.83. The standard InChI is InChI=1S/C17H24N4O3/c22-16(9-13-3-4-13)19-11-14-5-6-18-21(14)15(12-19)10-17(23)20-7-1-2-8-24-20/h5-6,13,15H,1-4,7-12H2. The second kappa shape index (κ2) is 6.55. The van der Waals surface area contributed by atoms with Gasteiger partial charge in [-0.2, -0.15) is 5.10 Å². The van der Waals surface area contributed by atoms with Crippen LogP contribution in [0.3, 0.4) is 0 Å². The molecule has 1 aromatic rings. The first-order valence-corrected chi connectivity index (χ1v) is 8.94. The number of rotatable bonds is 4. The number of amides is 2. The summed E-state index contributed by atoms with van der Waals surface area (Å²) in [4.78, 5) is 32.4. The van der Waals surface area contributed by atoms with E-state index in [1.54, 1.807) is 6.20 Å². The van der Waals surface area contributed by atoms with E-state index in [1.807, 2.05) is 15.6 Å². The van der Waals surface area contributed by atoms with Crippen LogP contribution in [-0.4, -0.2) is 51.3 Å². The van der Waals surface area contributed by atoms with Gasteiger partial charge in [-0.05, 0) is 37.7 Å². The molecule has 7 nitrogen and oxygen atoms in total. The van der Waals surface area contributed by atoms with Gasteiger partial charge in [0.15, 0.2) is 0 Å². The highest BCUT2D eigenvalue weighted by Gasteiger charge is 2.34. The highest BCUT2D eigenvalue weighted by Crippen LogP contribution is 2.34. The van der Waals surface area contributed by atoms with Crippen LogP contribution < -0.4 is 0 Å². The van der Waals surface area contributed by atoms with Crippen molar-refractivity contribution in [2.24, 2.45) is 5.92 Å². The average Bonchev–Trinajstić information content (AvgIpc) is 3.28. The fraction of sp³-hybridized carbons (Fsp3) is 0.706. The van der Waals surface area contributed by atoms with E-state index in [2.05, 4.69) is 5.10 Å². The number of hydrogen-bond donors (Lipinski definition) is 0. The van der Waals surface area contributed by atoms with Crippen LogP contribution in [0, 0.1) is 5.92 Å². The highest BCUT2D eigenvalue weighted by atomic mass is 16.7. The molecular weight excluding hydrogens is 308 g/mol. The van der Waals surface area contributed by atoms with E-state index in [1.165, 1.54) is 17.9 Å². The Morgan fingerprint density at radius 3 is 2.83 bits per heavy atom. The molecule has 1 unspecified atom stereocenters. The molecule has 3 heterocycles. The van der Waals surface area contributed by atoms with Crippen molar-refractivity contribution in [3.8, 4) is 0 Å². The number of aromatic nitrogens is 2. The van der Waals surface area contributed by atoms with Crippen molar-refractivity contribution in [3.05, 3.63) is 18.0 Å². The first-order chi connectivity index (χ1) is 11.7. The van der Waals surface area contributed by atoms with Gasteiger partial charge in [0, 0.05) is 25.7 Å². The molecule has 1 aromatic heterocycles. The first-order valence-electron chi connectivity index (χ1n) is 8.94. The fourth-order valence-electron chi connectivity index (χ4n) is 3.52. The molecule has 3 aliphatic rings. The summed E-state index contributed by atoms with van der Waals surface area (Å²) in [5, 5.41) is 5.85. The van der Waals surface area contributed by atoms with Crippen LogP contribution in [0.2, 0.25) is 0 Å². The van der Waals surface area contributed by atoms with E-state index >= 15 is 0 Å². The summed E-state index contributed by atoms with van der Waals surface area (Å²) in [7, 11) is 0. The van der Waals surface area contributed by atoms with Gasteiger partial charge in [0.2, 0.25) is 11.8 Å². The zero-order valence-electron chi connectivity index (χ0n) is 13.9. The molecule has 2 aliphatic heterocycles. The molecule has 1 atom stereocenters. The van der Waals surface area contributed by atoms with Crippen LogP contribution in [0.25, 0.3) is 0 Å². The lowest BCUT2D eigenvalue weighted by molar-refractivity contribution is -0.198. The van der Waals surface area contributed by atoms with Gasteiger partial charge in [-0.15, -0.1) is 0 Å². The van der Waals surface area contributed by atoms with Crippen LogP contribution >= 0.6 is 0 Å². The zero-order chi connectivity index (χ0) is 16.5. The molecule has 0 aromatic carbocycles. The molecule has 1 aliphatic carbocycles. The van der Waals surface area contributed by atoms with Crippen molar-refractivity contribution < 1.29 is 14.4 Å². The molecule has 4 rings (SSSR count). The van der Waals surface area contributed by atoms with E-state index in [4.69, 9.17) is 4.84 Å². The Kier molecular flexibility index (Phi) is 4.26. The van der Waals surface area contributed by atoms with E-state index in [9.17, 15) is 9.59 Å². The smallest absolute Gasteiger partial charge is 0.248 e. The Labute approximate surface area is 141 Å². The number of hydrogen-bond acceptors (Lipinski definition) is 4. The lowest BCUT2D eigenvalue weighted by atomic mass is 10.1. The third-order valence-electron chi connectivity index (χ3n) is 5.09. The van der Waals surface area contributed by atoms with Crippen molar-refractivity contribution in [1.29, 1.82) is 0 Å². The SMILES string of the molecule is O=C(CC1CC1)N1Cc2ccnn2C(CC(=O)N2CCCCO2)C1. The summed E-state index contributed by atoms with van der Waals surface area (Å²) < 4.78 is 1.91. The van der Waals surface area contributed by atoms with Gasteiger partial charge >= 0.3 is 0 Å². The Balaban J connectivity index is 1.44. The molecule has 0 N–H and O–H groups in total. The zero-order valence-corrected chi connectivity index (χ0v) is 13.9. The number of nitrogens with zero attached hydrogens (tertiary/aromatic N) is 4. The monoisotopic (exact) mass is 332 g/mol. The summed E-state index contributed by atoms with van der Waals surface area (Å²) in [5.41, 5.74) is 1.00. The van der Waals surface area contributed by atoms with E-state index in [0.717, 1.165) is 18.5 Å². The second-order valence-corrected chi connectivity index (χ2v) is 7.08. The lowest BCUT2D eigenvalue weighted by Gasteiger charge is -2.35. The molecule has 1 saturated heterocycles. The van der Waals surface area contributed by atoms with Crippen molar-refractivity contribution >= 4 is 11.8 Å². The molecule has 1 saturated carbocycles. The third kappa shape index (κ3) is 3.31. The largest absolute Gasteiger partial charge is 0.335 e. The van der Waals surface area contributed by atoms with Gasteiger partial charge in [-0.25, -0.2) is 5.06 Å². The van der Waals surface area contributed by atoms with Crippen molar-refractivity contribution in [1.82, 2.24) is 19.7 Å². The molecule has 0 bridgehead atoms. The van der Waals surface area contributed by atoms with Gasteiger partial charge in [-0.3, -0.25) is 19.1 Å². The van der Waals surface area contributed by atoms with Crippen LogP contribution in [0.1, 0.15) is 50.3 Å². The summed E-state index contributed by atoms with van der Waals surface area (Å²) in [6.07, 6.45) is 7.04. The van der Waals surface area contributed by atoms with E-state index in [-0.39, 0.29) is 17.9 Å². The van der Waals surface area contributed by atoms with Crippen LogP contribution in [0.4, 0.5) is 0 Å². The van der Waals surface area contributed by atoms with Crippen molar-refractivity contribution in [3.63, 3.8) is 0 Å². The minimum absolute atomic E-state index is 0.0161. The predicted molar refractivity (Wildman–Crippen MR) is 85.5 cm³/mol. The van der Waals surface area contributed by atoms with Gasteiger partial charge in [-0.1, -0.05) is 0 Å². The topological polar surface area (TPSA) is 67.7 Å². The maximum atomic E-state index is 12.5. The van der Waals surface area contributed by atoms with Gasteiger partial charge in [0.25, 0.3) is 0 Å². The average molecular weight is 332 g/mol. The number of fused-ring (bicyclic) bond motifs is 1. The highest BCUT2D eigenvalue weighted by molar-refractivity contribution is 5.78. The quantitative estimate of drug-likeness (QED) is 0.838. The fourth-order valence-corrected chi connectivity index (χ4v) is 3.52. The number of carbonyl (C=O) groups excluding carboxylic acids is 2. The molecule has 2 amide bonds. The molecule has 0 spiro atoms. The Hall–Kier alpha value is -1.89. The molecule has 24 heavy (non-hydrogen) atoms. The maximum Gasteiger partial charge on any atom is 0.248 e. The van der Waals surface area contributed by atoms with Gasteiger partial charge < -0.3 is 4.90 Å². The van der Waals surface area contributed by atoms with E-state index < -0.39 is 0 Å². The minimum Gasteiger partial charge on any atom is -0.335 e. The molecule has 2 fully saturated rings. The lowest BCUT2D eigenvalue weighted by Crippen LogP contribution is -2.44. The third-order valence-corrected chi connectivity index (χ3v) is 5.09. The van der Waals surface area contributed by atoms with Crippen molar-refractivity contribution in [2.75, 3.05) is 19.7 Å². The molecule has 130 valence electrons. The van der Waals surface area contributed by atoms with Gasteiger partial charge in [0.05, 0.1) is 31.3 Å². The number of hydroxylamine groups is 2. The predicted octanol–water partition coefficient (Wildman–Crippen LogP) is 1.51. The molecule has 0 radical (unpaired) electrons. The van der Waals surface area contributed by atoms with Crippen molar-refractivity contribution in [2.45, 2.75) is 51.1 Å². The summed E-state index contributed by atoms with van der Waals surface area (Å²) in [5.74, 6) is 0.764. The first kappa shape index (κ1) is 15.6. The summed E-state index contributed by atoms with van der Waals surface area (Å²) >= 11 is 0. The van der Waals surface area contributed by atoms with Crippen LogP contribution in [0.15, 0.2) is 12.3 Å². The Morgan fingerprint density at radius 1 is 1.21 bits per heavy atom. The Morgan fingerprint density at radius 2 is 2.08 bits per heavy atom. The molecule has 7 heteroatoms. The van der Waals surface area contributed by atoms with Crippen LogP contribution in [0.5, 0.6) is 0 Å². The molecular formula is C17H24N4O3. The minimum atomic E-state index is -0.107. The number of carbonyl (C=O) groups is 2. The van der Waals surface area contributed by atoms with Gasteiger partial charge in [0.1, 0.15) is 0 Å². The Bertz CT molecular complexity index is 619. The summed E-state index contributed by atoms with van der Waals surface area (Å²) in [6.45, 7) is 2.41. The second-order valence-electron chi connectivity index (χ2n) is 7.08. The normalized spacial score (nSPS) is 23.9. The van der Waals surface area contributed by atoms with E-state index in [0.29, 0.717) is 45.0 Å².